The number of allylic oxidation sites excluding steroid dienone is 3. The minimum Gasteiger partial charge on any atom is -0.394 e. The first-order chi connectivity index (χ1) is 11.6. The van der Waals surface area contributed by atoms with Gasteiger partial charge in [0.25, 0.3) is 0 Å². The second kappa shape index (κ2) is 9.45. The number of nitrogens with one attached hydrogen (secondary N) is 1. The number of amides is 1. The summed E-state index contributed by atoms with van der Waals surface area (Å²) in [5.74, 6) is -2.39. The maximum atomic E-state index is 11.4. The number of aliphatic hydroxyl groups is 4. The minimum absolute atomic E-state index is 0.0128. The van der Waals surface area contributed by atoms with E-state index in [0.717, 1.165) is 18.4 Å². The number of aliphatic hydroxyl groups excluding tert-OH is 3. The first-order valence-electron chi connectivity index (χ1n) is 8.54. The molecule has 0 radical (unpaired) electrons. The minimum atomic E-state index is -1.92. The van der Waals surface area contributed by atoms with Crippen molar-refractivity contribution >= 4 is 5.91 Å². The van der Waals surface area contributed by atoms with Gasteiger partial charge in [0.1, 0.15) is 24.4 Å². The molecule has 1 aliphatic heterocycles. The predicted molar refractivity (Wildman–Crippen MR) is 93.6 cm³/mol. The molecule has 1 heterocycles. The van der Waals surface area contributed by atoms with E-state index in [4.69, 9.17) is 4.74 Å². The Balaban J connectivity index is 2.91. The molecule has 0 aromatic rings. The topological polar surface area (TPSA) is 119 Å². The van der Waals surface area contributed by atoms with Gasteiger partial charge < -0.3 is 30.5 Å². The van der Waals surface area contributed by atoms with Gasteiger partial charge in [-0.25, -0.2) is 0 Å². The normalized spacial score (nSPS) is 33.0. The van der Waals surface area contributed by atoms with E-state index in [-0.39, 0.29) is 6.42 Å². The number of ether oxygens (including phenoxy) is 1. The van der Waals surface area contributed by atoms with E-state index in [0.29, 0.717) is 0 Å². The smallest absolute Gasteiger partial charge is 0.217 e. The van der Waals surface area contributed by atoms with E-state index in [1.165, 1.54) is 12.5 Å². The maximum absolute atomic E-state index is 11.4. The first-order valence-corrected chi connectivity index (χ1v) is 8.54. The van der Waals surface area contributed by atoms with Crippen LogP contribution in [0.2, 0.25) is 0 Å². The van der Waals surface area contributed by atoms with E-state index in [1.54, 1.807) is 6.08 Å². The Morgan fingerprint density at radius 1 is 1.16 bits per heavy atom. The quantitative estimate of drug-likeness (QED) is 0.420. The van der Waals surface area contributed by atoms with Crippen LogP contribution in [0, 0.1) is 0 Å². The molecule has 0 aromatic carbocycles. The molecule has 25 heavy (non-hydrogen) atoms. The molecule has 0 aliphatic carbocycles. The first kappa shape index (κ1) is 21.8. The van der Waals surface area contributed by atoms with Crippen molar-refractivity contribution in [1.29, 1.82) is 0 Å². The van der Waals surface area contributed by atoms with Gasteiger partial charge in [-0.05, 0) is 33.6 Å². The lowest BCUT2D eigenvalue weighted by atomic mass is 9.87. The summed E-state index contributed by atoms with van der Waals surface area (Å²) in [6.07, 6.45) is 1.59. The molecule has 0 unspecified atom stereocenters. The summed E-state index contributed by atoms with van der Waals surface area (Å²) in [7, 11) is 0. The molecule has 1 rings (SSSR count). The third kappa shape index (κ3) is 6.20. The lowest BCUT2D eigenvalue weighted by Gasteiger charge is -2.47. The van der Waals surface area contributed by atoms with Crippen LogP contribution in [-0.2, 0) is 9.53 Å². The molecule has 1 saturated heterocycles. The molecule has 0 aromatic heterocycles. The zero-order valence-electron chi connectivity index (χ0n) is 15.4. The molecule has 7 nitrogen and oxygen atoms in total. The monoisotopic (exact) mass is 357 g/mol. The fourth-order valence-electron chi connectivity index (χ4n) is 2.84. The molecular weight excluding hydrogens is 326 g/mol. The maximum Gasteiger partial charge on any atom is 0.217 e. The van der Waals surface area contributed by atoms with Crippen LogP contribution in [0.25, 0.3) is 0 Å². The molecule has 0 spiro atoms. The summed E-state index contributed by atoms with van der Waals surface area (Å²) in [5.41, 5.74) is 2.26. The third-order valence-electron chi connectivity index (χ3n) is 4.29. The van der Waals surface area contributed by atoms with Crippen LogP contribution < -0.4 is 5.32 Å². The highest BCUT2D eigenvalue weighted by Crippen LogP contribution is 2.31. The predicted octanol–water partition coefficient (Wildman–Crippen LogP) is 0.375. The molecule has 0 bridgehead atoms. The Hall–Kier alpha value is -1.25. The van der Waals surface area contributed by atoms with Crippen LogP contribution >= 0.6 is 0 Å². The average Bonchev–Trinajstić information content (AvgIpc) is 2.53. The Morgan fingerprint density at radius 3 is 2.32 bits per heavy atom. The Labute approximate surface area is 149 Å². The van der Waals surface area contributed by atoms with Gasteiger partial charge >= 0.3 is 0 Å². The number of carbonyl (C=O) groups excluding carboxylic acids is 1. The van der Waals surface area contributed by atoms with Crippen molar-refractivity contribution < 1.29 is 30.0 Å². The molecule has 5 N–H and O–H groups in total. The Bertz CT molecular complexity index is 514. The number of hydrogen-bond acceptors (Lipinski definition) is 6. The van der Waals surface area contributed by atoms with Crippen LogP contribution in [0.3, 0.4) is 0 Å². The second-order valence-electron chi connectivity index (χ2n) is 6.92. The highest BCUT2D eigenvalue weighted by molar-refractivity contribution is 5.73. The molecule has 7 heteroatoms. The molecule has 1 fully saturated rings. The number of carbonyl (C=O) groups is 1. The third-order valence-corrected chi connectivity index (χ3v) is 4.29. The fraction of sp³-hybridized carbons (Fsp3) is 0.722. The SMILES string of the molecule is CC(=O)N[C@@H]1[C@@H](O)[C@H](O)[C@@H](CO)O[C@]1(O)CC=C(C)CCC=C(C)C. The summed E-state index contributed by atoms with van der Waals surface area (Å²) in [5, 5.41) is 42.8. The van der Waals surface area contributed by atoms with Crippen LogP contribution in [0.15, 0.2) is 23.3 Å². The van der Waals surface area contributed by atoms with E-state index in [2.05, 4.69) is 11.4 Å². The van der Waals surface area contributed by atoms with E-state index >= 15 is 0 Å². The van der Waals surface area contributed by atoms with Gasteiger partial charge in [0.05, 0.1) is 6.61 Å². The lowest BCUT2D eigenvalue weighted by Crippen LogP contribution is -2.70. The van der Waals surface area contributed by atoms with E-state index in [1.807, 2.05) is 20.8 Å². The van der Waals surface area contributed by atoms with Gasteiger partial charge in [-0.2, -0.15) is 0 Å². The Kier molecular flexibility index (Phi) is 8.24. The van der Waals surface area contributed by atoms with Crippen molar-refractivity contribution in [2.45, 2.75) is 77.1 Å². The lowest BCUT2D eigenvalue weighted by molar-refractivity contribution is -0.316. The molecular formula is C18H31NO6. The van der Waals surface area contributed by atoms with Crippen LogP contribution in [0.5, 0.6) is 0 Å². The molecule has 1 amide bonds. The van der Waals surface area contributed by atoms with Crippen molar-refractivity contribution in [2.75, 3.05) is 6.61 Å². The van der Waals surface area contributed by atoms with Crippen molar-refractivity contribution in [3.05, 3.63) is 23.3 Å². The van der Waals surface area contributed by atoms with Crippen molar-refractivity contribution in [3.8, 4) is 0 Å². The van der Waals surface area contributed by atoms with Gasteiger partial charge in [-0.1, -0.05) is 23.3 Å². The van der Waals surface area contributed by atoms with Crippen LogP contribution in [0.4, 0.5) is 0 Å². The van der Waals surface area contributed by atoms with Crippen molar-refractivity contribution in [2.24, 2.45) is 0 Å². The fourth-order valence-corrected chi connectivity index (χ4v) is 2.84. The zero-order chi connectivity index (χ0) is 19.2. The molecule has 0 saturated carbocycles. The van der Waals surface area contributed by atoms with E-state index in [9.17, 15) is 25.2 Å². The van der Waals surface area contributed by atoms with Gasteiger partial charge in [0.15, 0.2) is 5.79 Å². The van der Waals surface area contributed by atoms with Gasteiger partial charge in [-0.15, -0.1) is 0 Å². The van der Waals surface area contributed by atoms with Crippen LogP contribution in [-0.4, -0.2) is 63.1 Å². The Morgan fingerprint density at radius 2 is 1.80 bits per heavy atom. The molecule has 144 valence electrons. The largest absolute Gasteiger partial charge is 0.394 e. The summed E-state index contributed by atoms with van der Waals surface area (Å²) < 4.78 is 5.44. The molecule has 5 atom stereocenters. The summed E-state index contributed by atoms with van der Waals surface area (Å²) >= 11 is 0. The highest BCUT2D eigenvalue weighted by atomic mass is 16.6. The highest BCUT2D eigenvalue weighted by Gasteiger charge is 2.52. The summed E-state index contributed by atoms with van der Waals surface area (Å²) in [6.45, 7) is 6.66. The molecule has 1 aliphatic rings. The summed E-state index contributed by atoms with van der Waals surface area (Å²) in [4.78, 5) is 11.4. The number of rotatable bonds is 7. The number of hydrogen-bond donors (Lipinski definition) is 5. The van der Waals surface area contributed by atoms with Crippen LogP contribution in [0.1, 0.15) is 47.0 Å². The average molecular weight is 357 g/mol. The van der Waals surface area contributed by atoms with Gasteiger partial charge in [0.2, 0.25) is 5.91 Å². The van der Waals surface area contributed by atoms with Gasteiger partial charge in [-0.3, -0.25) is 4.79 Å². The van der Waals surface area contributed by atoms with Gasteiger partial charge in [0, 0.05) is 13.3 Å². The summed E-state index contributed by atoms with van der Waals surface area (Å²) in [6, 6.07) is -1.20. The zero-order valence-corrected chi connectivity index (χ0v) is 15.4. The van der Waals surface area contributed by atoms with Crippen molar-refractivity contribution in [3.63, 3.8) is 0 Å². The standard InChI is InChI=1S/C18H31NO6/c1-11(2)6-5-7-12(3)8-9-18(24)17(19-13(4)21)16(23)15(22)14(10-20)25-18/h6,8,14-17,20,22-24H,5,7,9-10H2,1-4H3,(H,19,21)/t14-,15-,16+,17-,18-/m1/s1. The second-order valence-corrected chi connectivity index (χ2v) is 6.92. The van der Waals surface area contributed by atoms with E-state index < -0.39 is 42.7 Å². The van der Waals surface area contributed by atoms with Crippen molar-refractivity contribution in [1.82, 2.24) is 5.32 Å².